The lowest BCUT2D eigenvalue weighted by atomic mass is 10.2. The highest BCUT2D eigenvalue weighted by Gasteiger charge is 2.24. The van der Waals surface area contributed by atoms with Crippen molar-refractivity contribution in [3.8, 4) is 18.0 Å². The van der Waals surface area contributed by atoms with Crippen molar-refractivity contribution < 1.29 is 23.7 Å². The molecule has 1 saturated heterocycles. The summed E-state index contributed by atoms with van der Waals surface area (Å²) in [4.78, 5) is 30.6. The van der Waals surface area contributed by atoms with Gasteiger partial charge >= 0.3 is 18.0 Å². The fraction of sp³-hybridized carbons (Fsp3) is 0.318. The van der Waals surface area contributed by atoms with Crippen molar-refractivity contribution in [3.63, 3.8) is 0 Å². The number of hydrogen-bond acceptors (Lipinski definition) is 9. The van der Waals surface area contributed by atoms with Crippen LogP contribution < -0.4 is 14.2 Å². The summed E-state index contributed by atoms with van der Waals surface area (Å²) in [5, 5.41) is 0. The van der Waals surface area contributed by atoms with Crippen LogP contribution in [-0.4, -0.2) is 76.4 Å². The van der Waals surface area contributed by atoms with Gasteiger partial charge in [0, 0.05) is 18.8 Å². The smallest absolute Gasteiger partial charge is 0.326 e. The Bertz CT molecular complexity index is 907. The number of pyridine rings is 1. The molecule has 2 aromatic heterocycles. The molecule has 0 radical (unpaired) electrons. The average Bonchev–Trinajstić information content (AvgIpc) is 2.84. The Balaban J connectivity index is 1.57. The summed E-state index contributed by atoms with van der Waals surface area (Å²) in [5.41, 5.74) is 0.716. The SMILES string of the molecule is C=CCOc1nc(OCC=C)nc(OCC2CN(C(=O)C=Cc3ccccn3)CCO2)n1. The van der Waals surface area contributed by atoms with Crippen molar-refractivity contribution in [2.24, 2.45) is 0 Å². The molecule has 1 atom stereocenters. The first-order valence-corrected chi connectivity index (χ1v) is 10.0. The standard InChI is InChI=1S/C22H25N5O5/c1-3-12-30-20-24-21(31-13-4-2)26-22(25-20)32-16-18-15-27(11-14-29-18)19(28)9-8-17-7-5-6-10-23-17/h3-10,18H,1-2,11-16H2. The van der Waals surface area contributed by atoms with Gasteiger partial charge in [-0.25, -0.2) is 0 Å². The summed E-state index contributed by atoms with van der Waals surface area (Å²) >= 11 is 0. The van der Waals surface area contributed by atoms with E-state index in [1.54, 1.807) is 29.3 Å². The third-order valence-corrected chi connectivity index (χ3v) is 4.17. The van der Waals surface area contributed by atoms with Gasteiger partial charge in [-0.3, -0.25) is 9.78 Å². The highest BCUT2D eigenvalue weighted by atomic mass is 16.6. The van der Waals surface area contributed by atoms with E-state index < -0.39 is 0 Å². The van der Waals surface area contributed by atoms with Crippen molar-refractivity contribution in [2.45, 2.75) is 6.10 Å². The van der Waals surface area contributed by atoms with Gasteiger partial charge in [0.15, 0.2) is 0 Å². The molecule has 1 aliphatic rings. The van der Waals surface area contributed by atoms with Gasteiger partial charge in [-0.15, -0.1) is 15.0 Å². The lowest BCUT2D eigenvalue weighted by Gasteiger charge is -2.32. The number of hydrogen-bond donors (Lipinski definition) is 0. The number of morpholine rings is 1. The molecule has 168 valence electrons. The van der Waals surface area contributed by atoms with Gasteiger partial charge in [0.2, 0.25) is 5.91 Å². The summed E-state index contributed by atoms with van der Waals surface area (Å²) < 4.78 is 22.1. The molecule has 1 aliphatic heterocycles. The Hall–Kier alpha value is -3.79. The van der Waals surface area contributed by atoms with Gasteiger partial charge in [0.1, 0.15) is 25.9 Å². The van der Waals surface area contributed by atoms with Gasteiger partial charge in [0.25, 0.3) is 0 Å². The Labute approximate surface area is 186 Å². The predicted octanol–water partition coefficient (Wildman–Crippen LogP) is 1.72. The first kappa shape index (κ1) is 22.9. The maximum atomic E-state index is 12.5. The number of rotatable bonds is 11. The molecule has 0 spiro atoms. The minimum absolute atomic E-state index is 0.0280. The first-order chi connectivity index (χ1) is 15.7. The number of ether oxygens (including phenoxy) is 4. The quantitative estimate of drug-likeness (QED) is 0.382. The summed E-state index contributed by atoms with van der Waals surface area (Å²) in [5.74, 6) is -0.121. The maximum Gasteiger partial charge on any atom is 0.326 e. The summed E-state index contributed by atoms with van der Waals surface area (Å²) in [6.07, 6.45) is 7.65. The lowest BCUT2D eigenvalue weighted by Crippen LogP contribution is -2.47. The summed E-state index contributed by atoms with van der Waals surface area (Å²) in [6, 6.07) is 5.64. The Morgan fingerprint density at radius 2 is 1.78 bits per heavy atom. The second-order valence-corrected chi connectivity index (χ2v) is 6.56. The van der Waals surface area contributed by atoms with Crippen molar-refractivity contribution >= 4 is 12.0 Å². The molecule has 10 nitrogen and oxygen atoms in total. The molecular formula is C22H25N5O5. The van der Waals surface area contributed by atoms with E-state index in [4.69, 9.17) is 18.9 Å². The minimum Gasteiger partial charge on any atom is -0.460 e. The molecule has 0 N–H and O–H groups in total. The fourth-order valence-electron chi connectivity index (χ4n) is 2.71. The van der Waals surface area contributed by atoms with Gasteiger partial charge in [0.05, 0.1) is 18.8 Å². The number of aromatic nitrogens is 4. The second-order valence-electron chi connectivity index (χ2n) is 6.56. The van der Waals surface area contributed by atoms with Crippen LogP contribution in [0.4, 0.5) is 0 Å². The van der Waals surface area contributed by atoms with Gasteiger partial charge in [-0.2, -0.15) is 0 Å². The van der Waals surface area contributed by atoms with Crippen molar-refractivity contribution in [3.05, 3.63) is 61.5 Å². The third kappa shape index (κ3) is 7.17. The Kier molecular flexibility index (Phi) is 8.70. The van der Waals surface area contributed by atoms with Crippen LogP contribution in [0, 0.1) is 0 Å². The van der Waals surface area contributed by atoms with Gasteiger partial charge < -0.3 is 23.8 Å². The van der Waals surface area contributed by atoms with E-state index in [2.05, 4.69) is 33.1 Å². The van der Waals surface area contributed by atoms with E-state index in [-0.39, 0.29) is 49.9 Å². The average molecular weight is 439 g/mol. The normalized spacial score (nSPS) is 15.9. The van der Waals surface area contributed by atoms with Crippen LogP contribution in [0.2, 0.25) is 0 Å². The zero-order valence-corrected chi connectivity index (χ0v) is 17.6. The van der Waals surface area contributed by atoms with E-state index in [1.165, 1.54) is 6.08 Å². The van der Waals surface area contributed by atoms with Crippen LogP contribution in [0.5, 0.6) is 18.0 Å². The molecule has 1 amide bonds. The molecule has 32 heavy (non-hydrogen) atoms. The third-order valence-electron chi connectivity index (χ3n) is 4.17. The molecule has 2 aromatic rings. The van der Waals surface area contributed by atoms with Crippen LogP contribution in [-0.2, 0) is 9.53 Å². The largest absolute Gasteiger partial charge is 0.460 e. The molecule has 3 heterocycles. The Morgan fingerprint density at radius 1 is 1.09 bits per heavy atom. The van der Waals surface area contributed by atoms with Crippen LogP contribution in [0.25, 0.3) is 6.08 Å². The molecule has 0 bridgehead atoms. The van der Waals surface area contributed by atoms with E-state index >= 15 is 0 Å². The Morgan fingerprint density at radius 3 is 2.41 bits per heavy atom. The summed E-state index contributed by atoms with van der Waals surface area (Å²) in [7, 11) is 0. The van der Waals surface area contributed by atoms with E-state index in [0.717, 1.165) is 0 Å². The molecule has 0 aliphatic carbocycles. The van der Waals surface area contributed by atoms with Crippen LogP contribution in [0.3, 0.4) is 0 Å². The molecule has 3 rings (SSSR count). The van der Waals surface area contributed by atoms with E-state index in [9.17, 15) is 4.79 Å². The molecule has 0 saturated carbocycles. The lowest BCUT2D eigenvalue weighted by molar-refractivity contribution is -0.134. The summed E-state index contributed by atoms with van der Waals surface area (Å²) in [6.45, 7) is 9.02. The minimum atomic E-state index is -0.345. The zero-order chi connectivity index (χ0) is 22.6. The van der Waals surface area contributed by atoms with Crippen molar-refractivity contribution in [1.82, 2.24) is 24.8 Å². The maximum absolute atomic E-state index is 12.5. The van der Waals surface area contributed by atoms with Crippen LogP contribution in [0.1, 0.15) is 5.69 Å². The first-order valence-electron chi connectivity index (χ1n) is 10.0. The molecule has 0 aromatic carbocycles. The van der Waals surface area contributed by atoms with Crippen LogP contribution in [0.15, 0.2) is 55.8 Å². The second kappa shape index (κ2) is 12.2. The fourth-order valence-corrected chi connectivity index (χ4v) is 2.71. The van der Waals surface area contributed by atoms with Gasteiger partial charge in [-0.1, -0.05) is 31.4 Å². The molecular weight excluding hydrogens is 414 g/mol. The number of carbonyl (C=O) groups is 1. The monoisotopic (exact) mass is 439 g/mol. The number of carbonyl (C=O) groups excluding carboxylic acids is 1. The molecule has 1 fully saturated rings. The van der Waals surface area contributed by atoms with Gasteiger partial charge in [-0.05, 0) is 18.2 Å². The predicted molar refractivity (Wildman–Crippen MR) is 116 cm³/mol. The van der Waals surface area contributed by atoms with E-state index in [1.807, 2.05) is 18.2 Å². The topological polar surface area (TPSA) is 109 Å². The molecule has 1 unspecified atom stereocenters. The molecule has 10 heteroatoms. The van der Waals surface area contributed by atoms with Crippen molar-refractivity contribution in [2.75, 3.05) is 39.5 Å². The number of amides is 1. The van der Waals surface area contributed by atoms with E-state index in [0.29, 0.717) is 25.4 Å². The highest BCUT2D eigenvalue weighted by Crippen LogP contribution is 2.16. The zero-order valence-electron chi connectivity index (χ0n) is 17.6. The number of nitrogens with zero attached hydrogens (tertiary/aromatic N) is 5. The van der Waals surface area contributed by atoms with Crippen LogP contribution >= 0.6 is 0 Å². The van der Waals surface area contributed by atoms with Crippen molar-refractivity contribution in [1.29, 1.82) is 0 Å². The highest BCUT2D eigenvalue weighted by molar-refractivity contribution is 5.91.